The first-order valence-electron chi connectivity index (χ1n) is 12.1. The number of methoxy groups -OCH3 is 1. The molecule has 1 fully saturated rings. The molecule has 1 aromatic heterocycles. The van der Waals surface area contributed by atoms with Gasteiger partial charge in [-0.05, 0) is 68.1 Å². The standard InChI is InChI=1S/C27H29ClF2N2O4S/c1-36-18-4-6-23-19(13-18)26(21(28)14-31-23)24(33)7-2-16-8-9-32(15-20(16)27(34)35)10-11-37-25-12-17(29)3-5-22(25)30/h3-6,12-14,16,20,24,33H,2,7-11,15H2,1H3,(H,34,35)/t16-,20+,24+/m0/s1. The lowest BCUT2D eigenvalue weighted by molar-refractivity contribution is -0.146. The predicted molar refractivity (Wildman–Crippen MR) is 140 cm³/mol. The summed E-state index contributed by atoms with van der Waals surface area (Å²) in [7, 11) is 1.56. The van der Waals surface area contributed by atoms with E-state index in [0.29, 0.717) is 71.9 Å². The Labute approximate surface area is 223 Å². The highest BCUT2D eigenvalue weighted by Crippen LogP contribution is 2.37. The van der Waals surface area contributed by atoms with Gasteiger partial charge in [-0.15, -0.1) is 11.8 Å². The summed E-state index contributed by atoms with van der Waals surface area (Å²) in [4.78, 5) is 18.7. The number of thioether (sulfide) groups is 1. The van der Waals surface area contributed by atoms with Crippen LogP contribution in [0.15, 0.2) is 47.5 Å². The van der Waals surface area contributed by atoms with Gasteiger partial charge in [0, 0.05) is 40.9 Å². The number of carboxylic acid groups (broad SMARTS) is 1. The summed E-state index contributed by atoms with van der Waals surface area (Å²) in [6, 6.07) is 8.75. The zero-order chi connectivity index (χ0) is 26.5. The fourth-order valence-corrected chi connectivity index (χ4v) is 6.17. The van der Waals surface area contributed by atoms with Crippen LogP contribution in [0.1, 0.15) is 30.9 Å². The smallest absolute Gasteiger partial charge is 0.308 e. The predicted octanol–water partition coefficient (Wildman–Crippen LogP) is 5.80. The van der Waals surface area contributed by atoms with Crippen LogP contribution in [-0.4, -0.2) is 58.6 Å². The van der Waals surface area contributed by atoms with Crippen LogP contribution in [0.25, 0.3) is 10.9 Å². The molecule has 1 saturated heterocycles. The molecular weight excluding hydrogens is 522 g/mol. The average Bonchev–Trinajstić information content (AvgIpc) is 2.89. The van der Waals surface area contributed by atoms with Crippen LogP contribution in [0.3, 0.4) is 0 Å². The molecule has 1 aliphatic rings. The van der Waals surface area contributed by atoms with E-state index in [1.54, 1.807) is 25.3 Å². The molecule has 0 amide bonds. The number of hydrogen-bond donors (Lipinski definition) is 2. The number of aliphatic hydroxyl groups is 1. The minimum atomic E-state index is -0.879. The SMILES string of the molecule is COc1ccc2ncc(Cl)c([C@H](O)CC[C@H]3CCN(CCSc4cc(F)ccc4F)C[C@H]3C(=O)O)c2c1. The molecular formula is C27H29ClF2N2O4S. The lowest BCUT2D eigenvalue weighted by Crippen LogP contribution is -2.44. The zero-order valence-corrected chi connectivity index (χ0v) is 21.9. The number of ether oxygens (including phenoxy) is 1. The molecule has 10 heteroatoms. The Kier molecular flexibility index (Phi) is 9.23. The number of pyridine rings is 1. The van der Waals surface area contributed by atoms with Gasteiger partial charge in [0.05, 0.1) is 29.7 Å². The van der Waals surface area contributed by atoms with Crippen molar-refractivity contribution in [1.82, 2.24) is 9.88 Å². The Bertz CT molecular complexity index is 1260. The van der Waals surface area contributed by atoms with Gasteiger partial charge in [0.25, 0.3) is 0 Å². The molecule has 0 bridgehead atoms. The van der Waals surface area contributed by atoms with Crippen molar-refractivity contribution in [3.8, 4) is 5.75 Å². The number of likely N-dealkylation sites (tertiary alicyclic amines) is 1. The molecule has 0 spiro atoms. The van der Waals surface area contributed by atoms with Gasteiger partial charge in [-0.25, -0.2) is 8.78 Å². The number of carbonyl (C=O) groups is 1. The summed E-state index contributed by atoms with van der Waals surface area (Å²) in [5.74, 6) is -1.36. The van der Waals surface area contributed by atoms with Crippen LogP contribution in [0.4, 0.5) is 8.78 Å². The molecule has 0 saturated carbocycles. The lowest BCUT2D eigenvalue weighted by Gasteiger charge is -2.37. The van der Waals surface area contributed by atoms with Crippen molar-refractivity contribution in [1.29, 1.82) is 0 Å². The second kappa shape index (κ2) is 12.4. The zero-order valence-electron chi connectivity index (χ0n) is 20.4. The van der Waals surface area contributed by atoms with Crippen molar-refractivity contribution < 1.29 is 28.5 Å². The minimum Gasteiger partial charge on any atom is -0.497 e. The van der Waals surface area contributed by atoms with E-state index in [1.165, 1.54) is 24.0 Å². The van der Waals surface area contributed by atoms with E-state index in [2.05, 4.69) is 9.88 Å². The Morgan fingerprint density at radius 1 is 1.30 bits per heavy atom. The van der Waals surface area contributed by atoms with Crippen LogP contribution in [-0.2, 0) is 4.79 Å². The van der Waals surface area contributed by atoms with Gasteiger partial charge in [-0.2, -0.15) is 0 Å². The molecule has 3 aromatic rings. The third-order valence-corrected chi connectivity index (χ3v) is 8.24. The number of piperidine rings is 1. The number of benzene rings is 2. The normalized spacial score (nSPS) is 19.2. The first-order valence-corrected chi connectivity index (χ1v) is 13.5. The van der Waals surface area contributed by atoms with E-state index in [4.69, 9.17) is 16.3 Å². The summed E-state index contributed by atoms with van der Waals surface area (Å²) in [6.07, 6.45) is 2.19. The number of halogens is 3. The van der Waals surface area contributed by atoms with E-state index in [-0.39, 0.29) is 10.8 Å². The van der Waals surface area contributed by atoms with Crippen LogP contribution in [0.5, 0.6) is 5.75 Å². The third kappa shape index (κ3) is 6.71. The molecule has 0 aliphatic carbocycles. The van der Waals surface area contributed by atoms with Crippen LogP contribution in [0.2, 0.25) is 5.02 Å². The van der Waals surface area contributed by atoms with Crippen molar-refractivity contribution in [3.63, 3.8) is 0 Å². The van der Waals surface area contributed by atoms with Gasteiger partial charge >= 0.3 is 5.97 Å². The van der Waals surface area contributed by atoms with Crippen molar-refractivity contribution in [3.05, 3.63) is 64.8 Å². The van der Waals surface area contributed by atoms with Crippen molar-refractivity contribution in [2.75, 3.05) is 32.5 Å². The molecule has 1 aliphatic heterocycles. The van der Waals surface area contributed by atoms with Crippen molar-refractivity contribution in [2.45, 2.75) is 30.3 Å². The number of carboxylic acids is 1. The summed E-state index contributed by atoms with van der Waals surface area (Å²) < 4.78 is 32.6. The fraction of sp³-hybridized carbons (Fsp3) is 0.407. The molecule has 4 rings (SSSR count). The van der Waals surface area contributed by atoms with Gasteiger partial charge in [0.1, 0.15) is 17.4 Å². The van der Waals surface area contributed by atoms with E-state index in [0.717, 1.165) is 12.1 Å². The number of fused-ring (bicyclic) bond motifs is 1. The first kappa shape index (κ1) is 27.6. The number of aliphatic carboxylic acids is 1. The largest absolute Gasteiger partial charge is 0.497 e. The summed E-state index contributed by atoms with van der Waals surface area (Å²) in [6.45, 7) is 1.64. The van der Waals surface area contributed by atoms with Gasteiger partial charge < -0.3 is 19.8 Å². The minimum absolute atomic E-state index is 0.0990. The highest BCUT2D eigenvalue weighted by Gasteiger charge is 2.34. The fourth-order valence-electron chi connectivity index (χ4n) is 4.92. The number of nitrogens with zero attached hydrogens (tertiary/aromatic N) is 2. The van der Waals surface area contributed by atoms with Crippen LogP contribution in [0, 0.1) is 23.5 Å². The Hall–Kier alpha value is -2.46. The molecule has 2 aromatic carbocycles. The van der Waals surface area contributed by atoms with E-state index < -0.39 is 29.6 Å². The summed E-state index contributed by atoms with van der Waals surface area (Å²) in [5, 5.41) is 22.0. The van der Waals surface area contributed by atoms with Gasteiger partial charge in [0.15, 0.2) is 0 Å². The van der Waals surface area contributed by atoms with E-state index in [1.807, 2.05) is 0 Å². The maximum Gasteiger partial charge on any atom is 0.308 e. The summed E-state index contributed by atoms with van der Waals surface area (Å²) >= 11 is 7.63. The molecule has 3 atom stereocenters. The Morgan fingerprint density at radius 3 is 2.86 bits per heavy atom. The quantitative estimate of drug-likeness (QED) is 0.308. The maximum atomic E-state index is 13.9. The Morgan fingerprint density at radius 2 is 2.11 bits per heavy atom. The Balaban J connectivity index is 1.36. The number of aromatic nitrogens is 1. The lowest BCUT2D eigenvalue weighted by atomic mass is 9.81. The first-order chi connectivity index (χ1) is 17.8. The molecule has 198 valence electrons. The van der Waals surface area contributed by atoms with Gasteiger partial charge in [0.2, 0.25) is 0 Å². The highest BCUT2D eigenvalue weighted by molar-refractivity contribution is 7.99. The summed E-state index contributed by atoms with van der Waals surface area (Å²) in [5.41, 5.74) is 1.25. The number of hydrogen-bond acceptors (Lipinski definition) is 6. The van der Waals surface area contributed by atoms with Gasteiger partial charge in [-0.3, -0.25) is 9.78 Å². The molecule has 0 radical (unpaired) electrons. The van der Waals surface area contributed by atoms with Crippen LogP contribution >= 0.6 is 23.4 Å². The average molecular weight is 551 g/mol. The molecule has 2 N–H and O–H groups in total. The molecule has 37 heavy (non-hydrogen) atoms. The number of aliphatic hydroxyl groups excluding tert-OH is 1. The molecule has 6 nitrogen and oxygen atoms in total. The monoisotopic (exact) mass is 550 g/mol. The molecule has 0 unspecified atom stereocenters. The third-order valence-electron chi connectivity index (χ3n) is 6.93. The second-order valence-corrected chi connectivity index (χ2v) is 10.8. The number of rotatable bonds is 10. The molecule has 2 heterocycles. The topological polar surface area (TPSA) is 82.9 Å². The van der Waals surface area contributed by atoms with Crippen molar-refractivity contribution in [2.24, 2.45) is 11.8 Å². The van der Waals surface area contributed by atoms with Gasteiger partial charge in [-0.1, -0.05) is 11.6 Å². The maximum absolute atomic E-state index is 13.9. The van der Waals surface area contributed by atoms with E-state index >= 15 is 0 Å². The highest BCUT2D eigenvalue weighted by atomic mass is 35.5. The van der Waals surface area contributed by atoms with Crippen molar-refractivity contribution >= 4 is 40.2 Å². The van der Waals surface area contributed by atoms with Crippen LogP contribution < -0.4 is 4.74 Å². The van der Waals surface area contributed by atoms with E-state index in [9.17, 15) is 23.8 Å². The second-order valence-electron chi connectivity index (χ2n) is 9.21.